The number of pyridine rings is 1. The Bertz CT molecular complexity index is 910. The molecule has 0 unspecified atom stereocenters. The number of fused-ring (bicyclic) bond motifs is 2. The Balaban J connectivity index is 0.000000948. The monoisotopic (exact) mass is 348 g/mol. The van der Waals surface area contributed by atoms with E-state index in [2.05, 4.69) is 61.4 Å². The Labute approximate surface area is 156 Å². The van der Waals surface area contributed by atoms with Gasteiger partial charge in [0.2, 0.25) is 0 Å². The Kier molecular flexibility index (Phi) is 5.28. The highest BCUT2D eigenvalue weighted by atomic mass is 16.5. The van der Waals surface area contributed by atoms with Gasteiger partial charge in [0.05, 0.1) is 5.52 Å². The topological polar surface area (TPSA) is 34.1 Å². The summed E-state index contributed by atoms with van der Waals surface area (Å²) in [6, 6.07) is 14.9. The van der Waals surface area contributed by atoms with Crippen LogP contribution in [0.4, 0.5) is 0 Å². The molecule has 0 fully saturated rings. The van der Waals surface area contributed by atoms with Crippen molar-refractivity contribution in [3.63, 3.8) is 0 Å². The van der Waals surface area contributed by atoms with E-state index in [0.717, 1.165) is 34.3 Å². The second-order valence-electron chi connectivity index (χ2n) is 7.39. The van der Waals surface area contributed by atoms with Crippen molar-refractivity contribution in [1.82, 2.24) is 10.3 Å². The summed E-state index contributed by atoms with van der Waals surface area (Å²) < 4.78 is 5.95. The first-order valence-electron chi connectivity index (χ1n) is 9.38. The number of nitrogens with one attached hydrogen (secondary N) is 1. The molecule has 4 rings (SSSR count). The van der Waals surface area contributed by atoms with Gasteiger partial charge in [-0.1, -0.05) is 58.9 Å². The molecular weight excluding hydrogens is 320 g/mol. The minimum Gasteiger partial charge on any atom is -0.477 e. The van der Waals surface area contributed by atoms with Crippen LogP contribution in [0.2, 0.25) is 0 Å². The van der Waals surface area contributed by atoms with Crippen molar-refractivity contribution in [2.45, 2.75) is 46.6 Å². The molecule has 0 saturated carbocycles. The highest BCUT2D eigenvalue weighted by Crippen LogP contribution is 2.39. The molecule has 0 spiro atoms. The van der Waals surface area contributed by atoms with Crippen LogP contribution in [0.15, 0.2) is 48.7 Å². The maximum atomic E-state index is 5.95. The van der Waals surface area contributed by atoms with Crippen molar-refractivity contribution in [2.75, 3.05) is 6.73 Å². The Morgan fingerprint density at radius 2 is 1.81 bits per heavy atom. The lowest BCUT2D eigenvalue weighted by Gasteiger charge is -2.27. The predicted molar refractivity (Wildman–Crippen MR) is 110 cm³/mol. The number of hydrogen-bond donors (Lipinski definition) is 1. The van der Waals surface area contributed by atoms with Gasteiger partial charge in [-0.2, -0.15) is 0 Å². The average Bonchev–Trinajstić information content (AvgIpc) is 2.67. The number of hydrogen-bond acceptors (Lipinski definition) is 3. The molecule has 3 aromatic rings. The highest BCUT2D eigenvalue weighted by molar-refractivity contribution is 5.85. The summed E-state index contributed by atoms with van der Waals surface area (Å²) in [6.07, 6.45) is 1.95. The quantitative estimate of drug-likeness (QED) is 0.615. The molecule has 3 nitrogen and oxygen atoms in total. The highest BCUT2D eigenvalue weighted by Gasteiger charge is 2.22. The van der Waals surface area contributed by atoms with E-state index in [0.29, 0.717) is 6.73 Å². The largest absolute Gasteiger partial charge is 0.477 e. The van der Waals surface area contributed by atoms with Crippen molar-refractivity contribution in [3.8, 4) is 16.9 Å². The van der Waals surface area contributed by atoms with Gasteiger partial charge in [0.15, 0.2) is 0 Å². The van der Waals surface area contributed by atoms with Gasteiger partial charge in [-0.3, -0.25) is 10.3 Å². The summed E-state index contributed by atoms with van der Waals surface area (Å²) in [5.74, 6) is 0.985. The fourth-order valence-corrected chi connectivity index (χ4v) is 3.17. The van der Waals surface area contributed by atoms with E-state index < -0.39 is 0 Å². The molecule has 26 heavy (non-hydrogen) atoms. The van der Waals surface area contributed by atoms with E-state index in [-0.39, 0.29) is 5.41 Å². The summed E-state index contributed by atoms with van der Waals surface area (Å²) in [5.41, 5.74) is 5.89. The summed E-state index contributed by atoms with van der Waals surface area (Å²) in [4.78, 5) is 4.63. The zero-order valence-corrected chi connectivity index (χ0v) is 16.4. The Hall–Kier alpha value is -2.39. The molecule has 136 valence electrons. The number of ether oxygens (including phenoxy) is 1. The van der Waals surface area contributed by atoms with Crippen molar-refractivity contribution >= 4 is 10.9 Å². The van der Waals surface area contributed by atoms with Crippen LogP contribution < -0.4 is 10.1 Å². The molecule has 1 aromatic heterocycles. The maximum absolute atomic E-state index is 5.95. The number of aromatic nitrogens is 1. The van der Waals surface area contributed by atoms with E-state index in [1.54, 1.807) is 0 Å². The minimum atomic E-state index is 0.0888. The number of rotatable bonds is 1. The third kappa shape index (κ3) is 3.58. The Morgan fingerprint density at radius 1 is 1.04 bits per heavy atom. The molecule has 0 radical (unpaired) electrons. The van der Waals surface area contributed by atoms with Crippen LogP contribution in [0.5, 0.6) is 5.75 Å². The van der Waals surface area contributed by atoms with Crippen molar-refractivity contribution in [1.29, 1.82) is 0 Å². The number of benzene rings is 2. The van der Waals surface area contributed by atoms with Crippen LogP contribution in [0.1, 0.15) is 45.7 Å². The van der Waals surface area contributed by atoms with Crippen LogP contribution in [-0.4, -0.2) is 11.7 Å². The number of para-hydroxylation sites is 1. The van der Waals surface area contributed by atoms with Gasteiger partial charge in [-0.15, -0.1) is 0 Å². The maximum Gasteiger partial charge on any atom is 0.139 e. The molecule has 3 heteroatoms. The van der Waals surface area contributed by atoms with Crippen molar-refractivity contribution < 1.29 is 4.74 Å². The second-order valence-corrected chi connectivity index (χ2v) is 7.39. The van der Waals surface area contributed by atoms with Crippen LogP contribution in [0.3, 0.4) is 0 Å². The van der Waals surface area contributed by atoms with Gasteiger partial charge in [-0.05, 0) is 29.2 Å². The fraction of sp³-hybridized carbons (Fsp3) is 0.348. The van der Waals surface area contributed by atoms with Gasteiger partial charge < -0.3 is 4.74 Å². The minimum absolute atomic E-state index is 0.0888. The summed E-state index contributed by atoms with van der Waals surface area (Å²) in [6.45, 7) is 12.1. The van der Waals surface area contributed by atoms with E-state index in [4.69, 9.17) is 4.74 Å². The lowest BCUT2D eigenvalue weighted by Crippen LogP contribution is -2.26. The van der Waals surface area contributed by atoms with E-state index in [9.17, 15) is 0 Å². The van der Waals surface area contributed by atoms with Crippen molar-refractivity contribution in [3.05, 3.63) is 59.8 Å². The lowest BCUT2D eigenvalue weighted by molar-refractivity contribution is 0.258. The molecule has 0 amide bonds. The first kappa shape index (κ1) is 18.4. The standard InChI is InChI=1S/C21H22N2O.C2H6/c1-21(2,3)17-9-16-11-22-13-24-20(16)18(10-17)15-8-14-6-4-5-7-19(14)23-12-15;1-2/h4-10,12,22H,11,13H2,1-3H3;1-2H3. The number of nitrogens with zero attached hydrogens (tertiary/aromatic N) is 1. The van der Waals surface area contributed by atoms with E-state index >= 15 is 0 Å². The molecular formula is C23H28N2O. The zero-order valence-electron chi connectivity index (χ0n) is 16.4. The van der Waals surface area contributed by atoms with Gasteiger partial charge in [0.25, 0.3) is 0 Å². The molecule has 2 heterocycles. The molecule has 0 atom stereocenters. The smallest absolute Gasteiger partial charge is 0.139 e. The Morgan fingerprint density at radius 3 is 2.58 bits per heavy atom. The molecule has 2 aromatic carbocycles. The van der Waals surface area contributed by atoms with Crippen molar-refractivity contribution in [2.24, 2.45) is 0 Å². The molecule has 0 bridgehead atoms. The molecule has 0 saturated heterocycles. The fourth-order valence-electron chi connectivity index (χ4n) is 3.17. The van der Waals surface area contributed by atoms with Gasteiger partial charge in [-0.25, -0.2) is 0 Å². The van der Waals surface area contributed by atoms with Gasteiger partial charge in [0.1, 0.15) is 12.5 Å². The molecule has 1 N–H and O–H groups in total. The third-order valence-corrected chi connectivity index (χ3v) is 4.57. The average molecular weight is 348 g/mol. The SMILES string of the molecule is CC.CC(C)(C)c1cc2c(c(-c3cnc4ccccc4c3)c1)OCNC2. The molecule has 0 aliphatic carbocycles. The lowest BCUT2D eigenvalue weighted by atomic mass is 9.83. The van der Waals surface area contributed by atoms with Crippen LogP contribution in [0, 0.1) is 0 Å². The second kappa shape index (κ2) is 7.46. The van der Waals surface area contributed by atoms with Crippen LogP contribution in [-0.2, 0) is 12.0 Å². The van der Waals surface area contributed by atoms with E-state index in [1.165, 1.54) is 11.1 Å². The molecule has 1 aliphatic heterocycles. The predicted octanol–water partition coefficient (Wildman–Crippen LogP) is 5.67. The van der Waals surface area contributed by atoms with Gasteiger partial charge in [0, 0.05) is 34.8 Å². The summed E-state index contributed by atoms with van der Waals surface area (Å²) in [5, 5.41) is 4.44. The van der Waals surface area contributed by atoms with Gasteiger partial charge >= 0.3 is 0 Å². The molecule has 1 aliphatic rings. The third-order valence-electron chi connectivity index (χ3n) is 4.57. The van der Waals surface area contributed by atoms with E-state index in [1.807, 2.05) is 32.2 Å². The summed E-state index contributed by atoms with van der Waals surface area (Å²) in [7, 11) is 0. The van der Waals surface area contributed by atoms with Crippen LogP contribution >= 0.6 is 0 Å². The summed E-state index contributed by atoms with van der Waals surface area (Å²) >= 11 is 0. The normalized spacial score (nSPS) is 13.4. The van der Waals surface area contributed by atoms with Crippen LogP contribution in [0.25, 0.3) is 22.0 Å². The first-order valence-corrected chi connectivity index (χ1v) is 9.38. The zero-order chi connectivity index (χ0) is 18.7. The first-order chi connectivity index (χ1) is 12.5.